The van der Waals surface area contributed by atoms with E-state index in [4.69, 9.17) is 5.11 Å². The molecule has 0 aliphatic carbocycles. The first-order valence-electron chi connectivity index (χ1n) is 4.00. The maximum atomic E-state index is 12.9. The van der Waals surface area contributed by atoms with Gasteiger partial charge in [0.15, 0.2) is 0 Å². The molecule has 0 fully saturated rings. The van der Waals surface area contributed by atoms with Crippen molar-refractivity contribution in [2.45, 2.75) is 6.36 Å². The van der Waals surface area contributed by atoms with Crippen LogP contribution in [0, 0.1) is 15.9 Å². The van der Waals surface area contributed by atoms with Gasteiger partial charge in [0.05, 0.1) is 15.5 Å². The molecule has 9 heteroatoms. The average Bonchev–Trinajstić information content (AvgIpc) is 2.20. The molecule has 0 aromatic heterocycles. The second kappa shape index (κ2) is 5.04. The minimum atomic E-state index is -2.78. The van der Waals surface area contributed by atoms with Gasteiger partial charge in [0.25, 0.3) is 0 Å². The highest BCUT2D eigenvalue weighted by molar-refractivity contribution is 9.10. The third-order valence-electron chi connectivity index (χ3n) is 1.60. The quantitative estimate of drug-likeness (QED) is 0.680. The van der Waals surface area contributed by atoms with Crippen LogP contribution >= 0.6 is 15.9 Å². The van der Waals surface area contributed by atoms with Crippen LogP contribution in [0.15, 0.2) is 16.6 Å². The second-order valence-electron chi connectivity index (χ2n) is 2.77. The van der Waals surface area contributed by atoms with E-state index in [9.17, 15) is 23.7 Å². The molecular weight excluding hydrogens is 308 g/mol. The molecule has 0 saturated heterocycles. The molecule has 1 atom stereocenters. The molecule has 6 nitrogen and oxygen atoms in total. The molecule has 0 spiro atoms. The molecule has 1 unspecified atom stereocenters. The minimum absolute atomic E-state index is 0.256. The Hall–Kier alpha value is -1.77. The molecule has 1 aromatic carbocycles. The van der Waals surface area contributed by atoms with E-state index in [2.05, 4.69) is 20.7 Å². The van der Waals surface area contributed by atoms with E-state index in [0.717, 1.165) is 6.07 Å². The monoisotopic (exact) mass is 311 g/mol. The van der Waals surface area contributed by atoms with Crippen molar-refractivity contribution >= 4 is 27.6 Å². The summed E-state index contributed by atoms with van der Waals surface area (Å²) in [6.45, 7) is 0. The lowest BCUT2D eigenvalue weighted by molar-refractivity contribution is -0.386. The highest BCUT2D eigenvalue weighted by atomic mass is 79.9. The highest BCUT2D eigenvalue weighted by Gasteiger charge is 2.26. The molecule has 1 rings (SSSR count). The lowest BCUT2D eigenvalue weighted by Crippen LogP contribution is -2.22. The van der Waals surface area contributed by atoms with Crippen LogP contribution in [0.25, 0.3) is 0 Å². The molecule has 1 N–H and O–H groups in total. The van der Waals surface area contributed by atoms with Gasteiger partial charge in [-0.05, 0) is 22.0 Å². The summed E-state index contributed by atoms with van der Waals surface area (Å²) in [5.41, 5.74) is -0.874. The van der Waals surface area contributed by atoms with Gasteiger partial charge in [-0.3, -0.25) is 10.1 Å². The highest BCUT2D eigenvalue weighted by Crippen LogP contribution is 2.36. The van der Waals surface area contributed by atoms with Crippen LogP contribution in [-0.4, -0.2) is 22.4 Å². The van der Waals surface area contributed by atoms with E-state index in [1.54, 1.807) is 0 Å². The van der Waals surface area contributed by atoms with E-state index in [1.165, 1.54) is 0 Å². The first-order valence-corrected chi connectivity index (χ1v) is 4.79. The van der Waals surface area contributed by atoms with Crippen LogP contribution in [0.1, 0.15) is 0 Å². The largest absolute Gasteiger partial charge is 0.476 e. The standard InChI is InChI=1S/C8H4BrF2NO5/c9-4-1-3(10)2-5(12(15)16)6(4)17-7(11)8(13)14/h1-2,7H,(H,13,14). The number of ether oxygens (including phenoxy) is 1. The first kappa shape index (κ1) is 13.3. The predicted molar refractivity (Wildman–Crippen MR) is 53.9 cm³/mol. The molecule has 0 saturated carbocycles. The van der Waals surface area contributed by atoms with Gasteiger partial charge in [-0.1, -0.05) is 0 Å². The number of benzene rings is 1. The lowest BCUT2D eigenvalue weighted by Gasteiger charge is -2.09. The van der Waals surface area contributed by atoms with E-state index in [-0.39, 0.29) is 4.47 Å². The van der Waals surface area contributed by atoms with Crippen molar-refractivity contribution in [2.24, 2.45) is 0 Å². The number of rotatable bonds is 4. The number of nitrogens with zero attached hydrogens (tertiary/aromatic N) is 1. The maximum Gasteiger partial charge on any atom is 0.378 e. The SMILES string of the molecule is O=C(O)C(F)Oc1c(Br)cc(F)cc1[N+](=O)[O-]. The van der Waals surface area contributed by atoms with Crippen LogP contribution in [0.5, 0.6) is 5.75 Å². The van der Waals surface area contributed by atoms with Crippen molar-refractivity contribution in [2.75, 3.05) is 0 Å². The maximum absolute atomic E-state index is 12.9. The summed E-state index contributed by atoms with van der Waals surface area (Å²) in [5, 5.41) is 18.8. The number of alkyl halides is 1. The molecule has 0 aliphatic rings. The number of nitro benzene ring substituents is 1. The van der Waals surface area contributed by atoms with Gasteiger partial charge in [0.2, 0.25) is 5.75 Å². The molecule has 17 heavy (non-hydrogen) atoms. The van der Waals surface area contributed by atoms with Gasteiger partial charge in [-0.15, -0.1) is 0 Å². The summed E-state index contributed by atoms with van der Waals surface area (Å²) in [4.78, 5) is 19.7. The number of halogens is 3. The van der Waals surface area contributed by atoms with Crippen molar-refractivity contribution in [1.29, 1.82) is 0 Å². The Kier molecular flexibility index (Phi) is 3.94. The van der Waals surface area contributed by atoms with Crippen LogP contribution in [0.4, 0.5) is 14.5 Å². The zero-order valence-corrected chi connectivity index (χ0v) is 9.48. The van der Waals surface area contributed by atoms with Gasteiger partial charge in [0.1, 0.15) is 5.82 Å². The third-order valence-corrected chi connectivity index (χ3v) is 2.19. The molecule has 0 aliphatic heterocycles. The third kappa shape index (κ3) is 3.09. The Bertz CT molecular complexity index is 481. The average molecular weight is 312 g/mol. The van der Waals surface area contributed by atoms with E-state index < -0.39 is 34.5 Å². The molecule has 0 bridgehead atoms. The van der Waals surface area contributed by atoms with Gasteiger partial charge in [0, 0.05) is 0 Å². The Morgan fingerprint density at radius 1 is 1.59 bits per heavy atom. The minimum Gasteiger partial charge on any atom is -0.476 e. The summed E-state index contributed by atoms with van der Waals surface area (Å²) in [6, 6.07) is 1.28. The molecule has 0 amide bonds. The lowest BCUT2D eigenvalue weighted by atomic mass is 10.3. The van der Waals surface area contributed by atoms with Crippen molar-refractivity contribution < 1.29 is 28.3 Å². The van der Waals surface area contributed by atoms with Crippen molar-refractivity contribution in [3.8, 4) is 5.75 Å². The second-order valence-corrected chi connectivity index (χ2v) is 3.62. The van der Waals surface area contributed by atoms with Crippen LogP contribution in [-0.2, 0) is 4.79 Å². The summed E-state index contributed by atoms with van der Waals surface area (Å²) in [5.74, 6) is -3.58. The van der Waals surface area contributed by atoms with E-state index >= 15 is 0 Å². The van der Waals surface area contributed by atoms with Crippen molar-refractivity contribution in [3.63, 3.8) is 0 Å². The number of hydrogen-bond acceptors (Lipinski definition) is 4. The van der Waals surface area contributed by atoms with Crippen LogP contribution in [0.2, 0.25) is 0 Å². The normalized spacial score (nSPS) is 11.9. The predicted octanol–water partition coefficient (Wildman–Crippen LogP) is 2.26. The molecule has 1 aromatic rings. The van der Waals surface area contributed by atoms with Gasteiger partial charge < -0.3 is 9.84 Å². The summed E-state index contributed by atoms with van der Waals surface area (Å²) in [7, 11) is 0. The molecule has 0 radical (unpaired) electrons. The topological polar surface area (TPSA) is 89.7 Å². The number of carbonyl (C=O) groups is 1. The fraction of sp³-hybridized carbons (Fsp3) is 0.125. The fourth-order valence-corrected chi connectivity index (χ4v) is 1.47. The zero-order valence-electron chi connectivity index (χ0n) is 7.89. The van der Waals surface area contributed by atoms with Gasteiger partial charge >= 0.3 is 18.0 Å². The number of carboxylic acids is 1. The number of nitro groups is 1. The molecule has 0 heterocycles. The molecule has 92 valence electrons. The van der Waals surface area contributed by atoms with Crippen molar-refractivity contribution in [1.82, 2.24) is 0 Å². The Balaban J connectivity index is 3.21. The fourth-order valence-electron chi connectivity index (χ4n) is 0.953. The van der Waals surface area contributed by atoms with Crippen molar-refractivity contribution in [3.05, 3.63) is 32.5 Å². The number of aliphatic carboxylic acids is 1. The van der Waals surface area contributed by atoms with E-state index in [0.29, 0.717) is 6.07 Å². The smallest absolute Gasteiger partial charge is 0.378 e. The molecular formula is C8H4BrF2NO5. The van der Waals surface area contributed by atoms with Crippen LogP contribution in [0.3, 0.4) is 0 Å². The zero-order chi connectivity index (χ0) is 13.2. The Morgan fingerprint density at radius 3 is 2.65 bits per heavy atom. The van der Waals surface area contributed by atoms with E-state index in [1.807, 2.05) is 0 Å². The first-order chi connectivity index (χ1) is 7.82. The summed E-state index contributed by atoms with van der Waals surface area (Å²) in [6.07, 6.45) is -2.78. The van der Waals surface area contributed by atoms with Crippen LogP contribution < -0.4 is 4.74 Å². The summed E-state index contributed by atoms with van der Waals surface area (Å²) >= 11 is 2.71. The summed E-state index contributed by atoms with van der Waals surface area (Å²) < 4.78 is 29.6. The number of hydrogen-bond donors (Lipinski definition) is 1. The Morgan fingerprint density at radius 2 is 2.18 bits per heavy atom. The Labute approximate surface area is 101 Å². The van der Waals surface area contributed by atoms with Gasteiger partial charge in [-0.2, -0.15) is 4.39 Å². The number of carboxylic acid groups (broad SMARTS) is 1. The van der Waals surface area contributed by atoms with Gasteiger partial charge in [-0.25, -0.2) is 9.18 Å².